The number of nitrogens with one attached hydrogen (secondary N) is 1. The molecule has 128 valence electrons. The highest BCUT2D eigenvalue weighted by atomic mass is 32.1. The summed E-state index contributed by atoms with van der Waals surface area (Å²) in [7, 11) is 0. The molecule has 2 heterocycles. The molecule has 1 saturated heterocycles. The molecule has 0 aliphatic carbocycles. The Hall–Kier alpha value is -2.31. The van der Waals surface area contributed by atoms with E-state index in [-0.39, 0.29) is 11.5 Å². The zero-order valence-electron chi connectivity index (χ0n) is 13.7. The normalized spacial score (nSPS) is 15.6. The molecule has 0 spiro atoms. The number of hydrogen-bond acceptors (Lipinski definition) is 3. The van der Waals surface area contributed by atoms with Crippen LogP contribution in [0.4, 0.5) is 4.39 Å². The van der Waals surface area contributed by atoms with Crippen molar-refractivity contribution in [3.63, 3.8) is 0 Å². The summed E-state index contributed by atoms with van der Waals surface area (Å²) in [5.41, 5.74) is 1.22. The second-order valence-electron chi connectivity index (χ2n) is 6.27. The van der Waals surface area contributed by atoms with Crippen molar-refractivity contribution in [2.75, 3.05) is 26.2 Å². The number of benzene rings is 2. The SMILES string of the molecule is O=C(c1ccccc1F)N1CC[NH+](Cc2nc3ccccc3s2)CC1. The molecule has 6 heteroatoms. The van der Waals surface area contributed by atoms with E-state index in [1.165, 1.54) is 15.7 Å². The van der Waals surface area contributed by atoms with Crippen LogP contribution >= 0.6 is 11.3 Å². The quantitative estimate of drug-likeness (QED) is 0.779. The highest BCUT2D eigenvalue weighted by molar-refractivity contribution is 7.18. The Labute approximate surface area is 149 Å². The number of rotatable bonds is 3. The van der Waals surface area contributed by atoms with Gasteiger partial charge in [-0.05, 0) is 24.3 Å². The van der Waals surface area contributed by atoms with Crippen LogP contribution in [0.25, 0.3) is 10.2 Å². The van der Waals surface area contributed by atoms with Crippen LogP contribution in [0.15, 0.2) is 48.5 Å². The number of nitrogens with zero attached hydrogens (tertiary/aromatic N) is 2. The lowest BCUT2D eigenvalue weighted by molar-refractivity contribution is -0.917. The van der Waals surface area contributed by atoms with Gasteiger partial charge in [0.25, 0.3) is 5.91 Å². The molecule has 0 bridgehead atoms. The van der Waals surface area contributed by atoms with Gasteiger partial charge in [0.05, 0.1) is 42.0 Å². The molecule has 1 amide bonds. The Balaban J connectivity index is 1.38. The van der Waals surface area contributed by atoms with Crippen LogP contribution in [0.1, 0.15) is 15.4 Å². The molecule has 1 aromatic heterocycles. The fourth-order valence-corrected chi connectivity index (χ4v) is 4.26. The summed E-state index contributed by atoms with van der Waals surface area (Å²) in [4.78, 5) is 20.3. The standard InChI is InChI=1S/C19H18FN3OS/c20-15-6-2-1-5-14(15)19(24)23-11-9-22(10-12-23)13-18-21-16-7-3-4-8-17(16)25-18/h1-8H,9-13H2/p+1. The number of quaternary nitrogens is 1. The highest BCUT2D eigenvalue weighted by Gasteiger charge is 2.26. The number of thiazole rings is 1. The van der Waals surface area contributed by atoms with E-state index in [2.05, 4.69) is 11.1 Å². The van der Waals surface area contributed by atoms with Crippen LogP contribution in [0.5, 0.6) is 0 Å². The van der Waals surface area contributed by atoms with Gasteiger partial charge in [0.2, 0.25) is 0 Å². The third-order valence-electron chi connectivity index (χ3n) is 4.60. The number of carbonyl (C=O) groups excluding carboxylic acids is 1. The van der Waals surface area contributed by atoms with E-state index >= 15 is 0 Å². The van der Waals surface area contributed by atoms with Crippen molar-refractivity contribution in [1.29, 1.82) is 0 Å². The topological polar surface area (TPSA) is 37.6 Å². The Kier molecular flexibility index (Phi) is 4.46. The summed E-state index contributed by atoms with van der Waals surface area (Å²) in [6.07, 6.45) is 0. The number of carbonyl (C=O) groups is 1. The average Bonchev–Trinajstić information content (AvgIpc) is 3.04. The number of halogens is 1. The van der Waals surface area contributed by atoms with Gasteiger partial charge in [0, 0.05) is 0 Å². The summed E-state index contributed by atoms with van der Waals surface area (Å²) in [5.74, 6) is -0.658. The van der Waals surface area contributed by atoms with Crippen molar-refractivity contribution in [2.45, 2.75) is 6.54 Å². The van der Waals surface area contributed by atoms with Gasteiger partial charge in [0.1, 0.15) is 17.4 Å². The van der Waals surface area contributed by atoms with Crippen molar-refractivity contribution in [3.8, 4) is 0 Å². The minimum atomic E-state index is -0.447. The van der Waals surface area contributed by atoms with E-state index in [1.54, 1.807) is 34.4 Å². The number of para-hydroxylation sites is 1. The van der Waals surface area contributed by atoms with E-state index in [0.29, 0.717) is 13.1 Å². The van der Waals surface area contributed by atoms with Gasteiger partial charge in [-0.15, -0.1) is 11.3 Å². The maximum atomic E-state index is 13.8. The number of fused-ring (bicyclic) bond motifs is 1. The van der Waals surface area contributed by atoms with Crippen LogP contribution in [-0.2, 0) is 6.54 Å². The molecule has 3 aromatic rings. The molecule has 0 saturated carbocycles. The minimum absolute atomic E-state index is 0.164. The molecule has 4 rings (SSSR count). The predicted molar refractivity (Wildman–Crippen MR) is 96.3 cm³/mol. The Morgan fingerprint density at radius 2 is 1.84 bits per heavy atom. The molecular weight excluding hydrogens is 337 g/mol. The number of hydrogen-bond donors (Lipinski definition) is 1. The maximum absolute atomic E-state index is 13.8. The first-order chi connectivity index (χ1) is 12.2. The predicted octanol–water partition coefficient (Wildman–Crippen LogP) is 1.98. The van der Waals surface area contributed by atoms with Gasteiger partial charge in [-0.3, -0.25) is 4.79 Å². The second-order valence-corrected chi connectivity index (χ2v) is 7.39. The van der Waals surface area contributed by atoms with Crippen molar-refractivity contribution < 1.29 is 14.1 Å². The first-order valence-corrected chi connectivity index (χ1v) is 9.24. The van der Waals surface area contributed by atoms with Crippen LogP contribution < -0.4 is 4.90 Å². The van der Waals surface area contributed by atoms with E-state index in [0.717, 1.165) is 30.2 Å². The zero-order chi connectivity index (χ0) is 17.2. The van der Waals surface area contributed by atoms with Gasteiger partial charge >= 0.3 is 0 Å². The molecule has 1 fully saturated rings. The first kappa shape index (κ1) is 16.2. The fraction of sp³-hybridized carbons (Fsp3) is 0.263. The summed E-state index contributed by atoms with van der Waals surface area (Å²) < 4.78 is 15.0. The minimum Gasteiger partial charge on any atom is -0.327 e. The lowest BCUT2D eigenvalue weighted by Crippen LogP contribution is -3.13. The summed E-state index contributed by atoms with van der Waals surface area (Å²) >= 11 is 1.73. The van der Waals surface area contributed by atoms with Crippen molar-refractivity contribution in [3.05, 3.63) is 64.9 Å². The summed E-state index contributed by atoms with van der Waals surface area (Å²) in [6.45, 7) is 3.88. The van der Waals surface area contributed by atoms with E-state index in [1.807, 2.05) is 18.2 Å². The van der Waals surface area contributed by atoms with Gasteiger partial charge < -0.3 is 9.80 Å². The Morgan fingerprint density at radius 3 is 2.60 bits per heavy atom. The van der Waals surface area contributed by atoms with Crippen LogP contribution in [0.3, 0.4) is 0 Å². The monoisotopic (exact) mass is 356 g/mol. The fourth-order valence-electron chi connectivity index (χ4n) is 3.22. The molecule has 1 N–H and O–H groups in total. The third kappa shape index (κ3) is 3.41. The van der Waals surface area contributed by atoms with Gasteiger partial charge in [-0.1, -0.05) is 24.3 Å². The van der Waals surface area contributed by atoms with Crippen molar-refractivity contribution >= 4 is 27.5 Å². The molecule has 1 aliphatic rings. The second kappa shape index (κ2) is 6.90. The smallest absolute Gasteiger partial charge is 0.257 e. The lowest BCUT2D eigenvalue weighted by atomic mass is 10.1. The maximum Gasteiger partial charge on any atom is 0.257 e. The Morgan fingerprint density at radius 1 is 1.12 bits per heavy atom. The summed E-state index contributed by atoms with van der Waals surface area (Å²) in [6, 6.07) is 14.4. The largest absolute Gasteiger partial charge is 0.327 e. The number of aromatic nitrogens is 1. The van der Waals surface area contributed by atoms with Crippen molar-refractivity contribution in [1.82, 2.24) is 9.88 Å². The van der Waals surface area contributed by atoms with Crippen LogP contribution in [0, 0.1) is 5.82 Å². The van der Waals surface area contributed by atoms with Gasteiger partial charge in [0.15, 0.2) is 0 Å². The molecular formula is C19H19FN3OS+. The average molecular weight is 356 g/mol. The molecule has 2 aromatic carbocycles. The molecule has 0 radical (unpaired) electrons. The highest BCUT2D eigenvalue weighted by Crippen LogP contribution is 2.20. The third-order valence-corrected chi connectivity index (χ3v) is 5.64. The number of amides is 1. The van der Waals surface area contributed by atoms with Crippen molar-refractivity contribution in [2.24, 2.45) is 0 Å². The van der Waals surface area contributed by atoms with E-state index in [9.17, 15) is 9.18 Å². The van der Waals surface area contributed by atoms with E-state index in [4.69, 9.17) is 0 Å². The zero-order valence-corrected chi connectivity index (χ0v) is 14.6. The summed E-state index contributed by atoms with van der Waals surface area (Å²) in [5, 5.41) is 1.13. The Bertz CT molecular complexity index is 869. The van der Waals surface area contributed by atoms with E-state index < -0.39 is 5.82 Å². The molecule has 4 nitrogen and oxygen atoms in total. The van der Waals surface area contributed by atoms with Crippen LogP contribution in [-0.4, -0.2) is 42.0 Å². The molecule has 0 unspecified atom stereocenters. The molecule has 0 atom stereocenters. The van der Waals surface area contributed by atoms with Crippen LogP contribution in [0.2, 0.25) is 0 Å². The molecule has 1 aliphatic heterocycles. The van der Waals surface area contributed by atoms with Gasteiger partial charge in [-0.25, -0.2) is 9.37 Å². The first-order valence-electron chi connectivity index (χ1n) is 8.42. The molecule has 25 heavy (non-hydrogen) atoms. The van der Waals surface area contributed by atoms with Gasteiger partial charge in [-0.2, -0.15) is 0 Å². The lowest BCUT2D eigenvalue weighted by Gasteiger charge is -2.31. The number of piperazine rings is 1.